The summed E-state index contributed by atoms with van der Waals surface area (Å²) in [5.74, 6) is 0. The Kier molecular flexibility index (Phi) is 2.26. The molecule has 0 aliphatic carbocycles. The predicted molar refractivity (Wildman–Crippen MR) is 102 cm³/mol. The lowest BCUT2D eigenvalue weighted by Crippen LogP contribution is -1.93. The summed E-state index contributed by atoms with van der Waals surface area (Å²) in [4.78, 5) is 9.20. The zero-order valence-corrected chi connectivity index (χ0v) is 13.6. The Bertz CT molecular complexity index is 1450. The standard InChI is InChI=1S/C21H14N4/c1-24-18-7-3-2-5-13(18)16-11-17-15(12-19(16)24)14-6-4-8-22-20(14)25-10-9-23-21(17)25/h2-12H,1H3. The summed E-state index contributed by atoms with van der Waals surface area (Å²) in [5, 5.41) is 6.04. The van der Waals surface area contributed by atoms with Crippen LogP contribution in [-0.4, -0.2) is 18.9 Å². The highest BCUT2D eigenvalue weighted by Gasteiger charge is 2.14. The zero-order chi connectivity index (χ0) is 16.5. The van der Waals surface area contributed by atoms with Crippen LogP contribution in [0.25, 0.3) is 49.3 Å². The average Bonchev–Trinajstić information content (AvgIpc) is 3.26. The third-order valence-electron chi connectivity index (χ3n) is 5.24. The highest BCUT2D eigenvalue weighted by atomic mass is 15.0. The number of aryl methyl sites for hydroxylation is 1. The summed E-state index contributed by atoms with van der Waals surface area (Å²) in [6, 6.07) is 17.2. The molecule has 0 radical (unpaired) electrons. The molecule has 6 aromatic rings. The Morgan fingerprint density at radius 3 is 2.44 bits per heavy atom. The van der Waals surface area contributed by atoms with Crippen molar-refractivity contribution in [2.24, 2.45) is 7.05 Å². The van der Waals surface area contributed by atoms with Crippen molar-refractivity contribution in [2.75, 3.05) is 0 Å². The third kappa shape index (κ3) is 1.51. The van der Waals surface area contributed by atoms with Gasteiger partial charge in [0, 0.05) is 58.2 Å². The van der Waals surface area contributed by atoms with Crippen LogP contribution in [0.2, 0.25) is 0 Å². The lowest BCUT2D eigenvalue weighted by Gasteiger charge is -2.08. The van der Waals surface area contributed by atoms with Gasteiger partial charge in [0.25, 0.3) is 0 Å². The first-order valence-corrected chi connectivity index (χ1v) is 8.33. The van der Waals surface area contributed by atoms with Crippen LogP contribution in [0.1, 0.15) is 0 Å². The third-order valence-corrected chi connectivity index (χ3v) is 5.24. The molecule has 0 aliphatic heterocycles. The van der Waals surface area contributed by atoms with Gasteiger partial charge in [-0.05, 0) is 35.7 Å². The van der Waals surface area contributed by atoms with E-state index in [0.29, 0.717) is 0 Å². The number of pyridine rings is 2. The molecule has 0 unspecified atom stereocenters. The number of para-hydroxylation sites is 1. The number of rotatable bonds is 0. The molecule has 0 N–H and O–H groups in total. The topological polar surface area (TPSA) is 35.1 Å². The quantitative estimate of drug-likeness (QED) is 0.381. The van der Waals surface area contributed by atoms with Gasteiger partial charge in [-0.3, -0.25) is 4.40 Å². The van der Waals surface area contributed by atoms with Gasteiger partial charge in [-0.25, -0.2) is 9.97 Å². The van der Waals surface area contributed by atoms with Gasteiger partial charge in [-0.2, -0.15) is 0 Å². The Labute approximate surface area is 142 Å². The van der Waals surface area contributed by atoms with E-state index in [1.54, 1.807) is 0 Å². The van der Waals surface area contributed by atoms with E-state index in [2.05, 4.69) is 68.4 Å². The van der Waals surface area contributed by atoms with Crippen molar-refractivity contribution in [1.82, 2.24) is 18.9 Å². The van der Waals surface area contributed by atoms with E-state index in [4.69, 9.17) is 0 Å². The van der Waals surface area contributed by atoms with Crippen LogP contribution in [0.4, 0.5) is 0 Å². The first kappa shape index (κ1) is 13.0. The molecule has 0 atom stereocenters. The lowest BCUT2D eigenvalue weighted by atomic mass is 10.0. The van der Waals surface area contributed by atoms with Crippen LogP contribution in [0.3, 0.4) is 0 Å². The zero-order valence-electron chi connectivity index (χ0n) is 13.6. The van der Waals surface area contributed by atoms with Crippen LogP contribution >= 0.6 is 0 Å². The average molecular weight is 322 g/mol. The summed E-state index contributed by atoms with van der Waals surface area (Å²) < 4.78 is 4.34. The van der Waals surface area contributed by atoms with Gasteiger partial charge in [-0.1, -0.05) is 18.2 Å². The first-order chi connectivity index (χ1) is 12.3. The molecule has 4 heterocycles. The minimum absolute atomic E-state index is 0.945. The number of benzene rings is 2. The highest BCUT2D eigenvalue weighted by molar-refractivity contribution is 6.19. The SMILES string of the molecule is Cn1c2ccccc2c2cc3c(cc21)c1cccnc1n1ccnc31. The summed E-state index contributed by atoms with van der Waals surface area (Å²) in [5.41, 5.74) is 4.38. The molecule has 0 bridgehead atoms. The van der Waals surface area contributed by atoms with Gasteiger partial charge >= 0.3 is 0 Å². The van der Waals surface area contributed by atoms with Crippen LogP contribution in [0.15, 0.2) is 67.1 Å². The van der Waals surface area contributed by atoms with Crippen molar-refractivity contribution >= 4 is 49.3 Å². The van der Waals surface area contributed by atoms with Gasteiger partial charge in [0.15, 0.2) is 0 Å². The van der Waals surface area contributed by atoms with Crippen molar-refractivity contribution in [2.45, 2.75) is 0 Å². The maximum Gasteiger partial charge on any atom is 0.146 e. The van der Waals surface area contributed by atoms with Crippen LogP contribution in [0, 0.1) is 0 Å². The molecule has 4 nitrogen and oxygen atoms in total. The smallest absolute Gasteiger partial charge is 0.146 e. The lowest BCUT2D eigenvalue weighted by molar-refractivity contribution is 1.02. The van der Waals surface area contributed by atoms with E-state index in [1.165, 1.54) is 27.2 Å². The minimum atomic E-state index is 0.945. The first-order valence-electron chi connectivity index (χ1n) is 8.33. The van der Waals surface area contributed by atoms with Crippen molar-refractivity contribution in [3.63, 3.8) is 0 Å². The normalized spacial score (nSPS) is 12.2. The predicted octanol–water partition coefficient (Wildman–Crippen LogP) is 4.68. The van der Waals surface area contributed by atoms with E-state index < -0.39 is 0 Å². The second kappa shape index (κ2) is 4.36. The molecule has 25 heavy (non-hydrogen) atoms. The van der Waals surface area contributed by atoms with E-state index in [0.717, 1.165) is 22.1 Å². The van der Waals surface area contributed by atoms with Gasteiger partial charge in [0.05, 0.1) is 0 Å². The fraction of sp³-hybridized carbons (Fsp3) is 0.0476. The minimum Gasteiger partial charge on any atom is -0.344 e. The summed E-state index contributed by atoms with van der Waals surface area (Å²) in [6.45, 7) is 0. The fourth-order valence-electron chi connectivity index (χ4n) is 4.09. The second-order valence-electron chi connectivity index (χ2n) is 6.49. The maximum atomic E-state index is 4.61. The molecule has 4 aromatic heterocycles. The molecular formula is C21H14N4. The summed E-state index contributed by atoms with van der Waals surface area (Å²) >= 11 is 0. The van der Waals surface area contributed by atoms with Crippen LogP contribution in [-0.2, 0) is 7.05 Å². The Balaban J connectivity index is 1.98. The molecule has 0 saturated carbocycles. The molecule has 0 amide bonds. The number of aromatic nitrogens is 4. The number of hydrogen-bond acceptors (Lipinski definition) is 2. The molecule has 0 fully saturated rings. The van der Waals surface area contributed by atoms with Crippen molar-refractivity contribution < 1.29 is 0 Å². The number of hydrogen-bond donors (Lipinski definition) is 0. The largest absolute Gasteiger partial charge is 0.344 e. The summed E-state index contributed by atoms with van der Waals surface area (Å²) in [7, 11) is 2.13. The molecular weight excluding hydrogens is 308 g/mol. The molecule has 2 aromatic carbocycles. The van der Waals surface area contributed by atoms with E-state index in [-0.39, 0.29) is 0 Å². The van der Waals surface area contributed by atoms with E-state index >= 15 is 0 Å². The fourth-order valence-corrected chi connectivity index (χ4v) is 4.09. The molecule has 4 heteroatoms. The van der Waals surface area contributed by atoms with Crippen LogP contribution in [0.5, 0.6) is 0 Å². The Morgan fingerprint density at radius 1 is 0.680 bits per heavy atom. The summed E-state index contributed by atoms with van der Waals surface area (Å²) in [6.07, 6.45) is 5.66. The Morgan fingerprint density at radius 2 is 1.48 bits per heavy atom. The number of nitrogens with zero attached hydrogens (tertiary/aromatic N) is 4. The van der Waals surface area contributed by atoms with Crippen molar-refractivity contribution in [3.8, 4) is 0 Å². The number of imidazole rings is 1. The highest BCUT2D eigenvalue weighted by Crippen LogP contribution is 2.35. The monoisotopic (exact) mass is 322 g/mol. The molecule has 118 valence electrons. The van der Waals surface area contributed by atoms with E-state index in [1.807, 2.05) is 24.7 Å². The molecule has 0 aliphatic rings. The van der Waals surface area contributed by atoms with Crippen LogP contribution < -0.4 is 0 Å². The van der Waals surface area contributed by atoms with E-state index in [9.17, 15) is 0 Å². The number of fused-ring (bicyclic) bond motifs is 9. The van der Waals surface area contributed by atoms with Crippen molar-refractivity contribution in [1.29, 1.82) is 0 Å². The molecule has 6 rings (SSSR count). The van der Waals surface area contributed by atoms with Gasteiger partial charge in [-0.15, -0.1) is 0 Å². The van der Waals surface area contributed by atoms with Crippen molar-refractivity contribution in [3.05, 3.63) is 67.1 Å². The van der Waals surface area contributed by atoms with Gasteiger partial charge < -0.3 is 4.57 Å². The maximum absolute atomic E-state index is 4.61. The molecule has 0 saturated heterocycles. The Hall–Kier alpha value is -3.40. The molecule has 0 spiro atoms. The van der Waals surface area contributed by atoms with Gasteiger partial charge in [0.1, 0.15) is 11.3 Å². The second-order valence-corrected chi connectivity index (χ2v) is 6.49. The van der Waals surface area contributed by atoms with Gasteiger partial charge in [0.2, 0.25) is 0 Å².